The van der Waals surface area contributed by atoms with Crippen LogP contribution < -0.4 is 11.1 Å². The van der Waals surface area contributed by atoms with Crippen molar-refractivity contribution in [3.05, 3.63) is 51.7 Å². The van der Waals surface area contributed by atoms with Crippen LogP contribution in [0.25, 0.3) is 0 Å². The van der Waals surface area contributed by atoms with Crippen LogP contribution in [0.2, 0.25) is 0 Å². The molecule has 0 unspecified atom stereocenters. The fraction of sp³-hybridized carbons (Fsp3) is 0.0769. The van der Waals surface area contributed by atoms with Crippen molar-refractivity contribution in [3.63, 3.8) is 0 Å². The lowest BCUT2D eigenvalue weighted by molar-refractivity contribution is 0.100. The summed E-state index contributed by atoms with van der Waals surface area (Å²) >= 11 is 1.36. The molecule has 18 heavy (non-hydrogen) atoms. The van der Waals surface area contributed by atoms with Crippen molar-refractivity contribution in [2.24, 2.45) is 5.73 Å². The molecular weight excluding hydrogens is 248 g/mol. The van der Waals surface area contributed by atoms with Crippen LogP contribution in [-0.2, 0) is 0 Å². The van der Waals surface area contributed by atoms with E-state index >= 15 is 0 Å². The third-order valence-electron chi connectivity index (χ3n) is 2.51. The molecule has 0 aliphatic heterocycles. The number of carbonyl (C=O) groups excluding carboxylic acids is 2. The van der Waals surface area contributed by atoms with Gasteiger partial charge >= 0.3 is 0 Å². The van der Waals surface area contributed by atoms with Gasteiger partial charge in [0.25, 0.3) is 11.8 Å². The molecule has 0 bridgehead atoms. The van der Waals surface area contributed by atoms with Gasteiger partial charge in [0.2, 0.25) is 0 Å². The number of primary amides is 1. The summed E-state index contributed by atoms with van der Waals surface area (Å²) in [4.78, 5) is 23.9. The van der Waals surface area contributed by atoms with Crippen molar-refractivity contribution in [1.82, 2.24) is 0 Å². The zero-order chi connectivity index (χ0) is 13.1. The average molecular weight is 260 g/mol. The van der Waals surface area contributed by atoms with E-state index in [1.807, 2.05) is 18.4 Å². The molecule has 3 N–H and O–H groups in total. The van der Waals surface area contributed by atoms with Crippen LogP contribution in [0.1, 0.15) is 25.6 Å². The molecule has 0 fully saturated rings. The highest BCUT2D eigenvalue weighted by molar-refractivity contribution is 7.12. The molecule has 2 rings (SSSR count). The molecule has 0 radical (unpaired) electrons. The highest BCUT2D eigenvalue weighted by Gasteiger charge is 2.14. The zero-order valence-electron chi connectivity index (χ0n) is 9.77. The number of hydrogen-bond acceptors (Lipinski definition) is 3. The number of anilines is 1. The van der Waals surface area contributed by atoms with E-state index in [0.29, 0.717) is 16.1 Å². The summed E-state index contributed by atoms with van der Waals surface area (Å²) in [5, 5.41) is 4.56. The smallest absolute Gasteiger partial charge is 0.266 e. The Morgan fingerprint density at radius 2 is 1.94 bits per heavy atom. The molecule has 1 heterocycles. The molecule has 0 saturated heterocycles. The van der Waals surface area contributed by atoms with E-state index in [0.717, 1.165) is 5.56 Å². The number of thiophene rings is 1. The molecule has 5 heteroatoms. The maximum atomic E-state index is 12.0. The van der Waals surface area contributed by atoms with E-state index in [9.17, 15) is 9.59 Å². The summed E-state index contributed by atoms with van der Waals surface area (Å²) in [6, 6.07) is 8.55. The molecule has 0 spiro atoms. The number of benzene rings is 1. The van der Waals surface area contributed by atoms with Gasteiger partial charge in [-0.05, 0) is 36.1 Å². The molecule has 0 saturated carbocycles. The average Bonchev–Trinajstić information content (AvgIpc) is 2.76. The molecule has 2 aromatic rings. The topological polar surface area (TPSA) is 72.2 Å². The van der Waals surface area contributed by atoms with Crippen LogP contribution in [0.15, 0.2) is 35.7 Å². The van der Waals surface area contributed by atoms with Crippen LogP contribution in [0.3, 0.4) is 0 Å². The number of rotatable bonds is 3. The van der Waals surface area contributed by atoms with E-state index in [2.05, 4.69) is 5.32 Å². The standard InChI is InChI=1S/C13H12N2O2S/c1-8-6-7-18-11(8)13(17)15-10-5-3-2-4-9(10)12(14)16/h2-7H,1H3,(H2,14,16)(H,15,17). The zero-order valence-corrected chi connectivity index (χ0v) is 10.6. The molecular formula is C13H12N2O2S. The lowest BCUT2D eigenvalue weighted by Crippen LogP contribution is -2.17. The van der Waals surface area contributed by atoms with Gasteiger partial charge in [0.1, 0.15) is 0 Å². The fourth-order valence-electron chi connectivity index (χ4n) is 1.59. The Hall–Kier alpha value is -2.14. The van der Waals surface area contributed by atoms with Crippen molar-refractivity contribution in [1.29, 1.82) is 0 Å². The third kappa shape index (κ3) is 2.41. The van der Waals surface area contributed by atoms with Gasteiger partial charge in [-0.2, -0.15) is 0 Å². The van der Waals surface area contributed by atoms with Crippen molar-refractivity contribution < 1.29 is 9.59 Å². The Balaban J connectivity index is 2.28. The minimum absolute atomic E-state index is 0.226. The molecule has 0 atom stereocenters. The first-order valence-electron chi connectivity index (χ1n) is 5.34. The summed E-state index contributed by atoms with van der Waals surface area (Å²) in [5.41, 5.74) is 6.90. The molecule has 92 valence electrons. The summed E-state index contributed by atoms with van der Waals surface area (Å²) in [6.07, 6.45) is 0. The number of para-hydroxylation sites is 1. The SMILES string of the molecule is Cc1ccsc1C(=O)Nc1ccccc1C(N)=O. The monoisotopic (exact) mass is 260 g/mol. The van der Waals surface area contributed by atoms with Crippen molar-refractivity contribution in [3.8, 4) is 0 Å². The molecule has 0 aliphatic rings. The summed E-state index contributed by atoms with van der Waals surface area (Å²) in [5.74, 6) is -0.787. The third-order valence-corrected chi connectivity index (χ3v) is 3.52. The first-order chi connectivity index (χ1) is 8.59. The van der Waals surface area contributed by atoms with Crippen LogP contribution in [0, 0.1) is 6.92 Å². The normalized spacial score (nSPS) is 10.1. The van der Waals surface area contributed by atoms with Crippen LogP contribution in [-0.4, -0.2) is 11.8 Å². The first-order valence-corrected chi connectivity index (χ1v) is 6.22. The number of hydrogen-bond donors (Lipinski definition) is 2. The molecule has 1 aromatic carbocycles. The summed E-state index contributed by atoms with van der Waals surface area (Å²) in [6.45, 7) is 1.87. The molecule has 1 aromatic heterocycles. The van der Waals surface area contributed by atoms with E-state index in [1.165, 1.54) is 11.3 Å². The number of amides is 2. The molecule has 4 nitrogen and oxygen atoms in total. The second-order valence-electron chi connectivity index (χ2n) is 3.80. The first kappa shape index (κ1) is 12.3. The van der Waals surface area contributed by atoms with Gasteiger partial charge in [0.15, 0.2) is 0 Å². The minimum atomic E-state index is -0.561. The number of aryl methyl sites for hydroxylation is 1. The summed E-state index contributed by atoms with van der Waals surface area (Å²) < 4.78 is 0. The van der Waals surface area contributed by atoms with E-state index in [4.69, 9.17) is 5.73 Å². The van der Waals surface area contributed by atoms with Crippen molar-refractivity contribution in [2.75, 3.05) is 5.32 Å². The van der Waals surface area contributed by atoms with Gasteiger partial charge < -0.3 is 11.1 Å². The highest BCUT2D eigenvalue weighted by atomic mass is 32.1. The van der Waals surface area contributed by atoms with E-state index in [1.54, 1.807) is 24.3 Å². The minimum Gasteiger partial charge on any atom is -0.366 e. The van der Waals surface area contributed by atoms with Gasteiger partial charge in [0, 0.05) is 0 Å². The second-order valence-corrected chi connectivity index (χ2v) is 4.71. The lowest BCUT2D eigenvalue weighted by atomic mass is 10.1. The molecule has 0 aliphatic carbocycles. The number of carbonyl (C=O) groups is 2. The second kappa shape index (κ2) is 5.01. The highest BCUT2D eigenvalue weighted by Crippen LogP contribution is 2.20. The summed E-state index contributed by atoms with van der Waals surface area (Å²) in [7, 11) is 0. The molecule has 2 amide bonds. The Morgan fingerprint density at radius 3 is 2.56 bits per heavy atom. The van der Waals surface area contributed by atoms with Gasteiger partial charge in [-0.3, -0.25) is 9.59 Å². The lowest BCUT2D eigenvalue weighted by Gasteiger charge is -2.08. The predicted molar refractivity (Wildman–Crippen MR) is 72.0 cm³/mol. The van der Waals surface area contributed by atoms with Crippen molar-refractivity contribution >= 4 is 28.8 Å². The quantitative estimate of drug-likeness (QED) is 0.889. The predicted octanol–water partition coefficient (Wildman–Crippen LogP) is 2.41. The Kier molecular flexibility index (Phi) is 3.43. The Bertz CT molecular complexity index is 605. The van der Waals surface area contributed by atoms with E-state index < -0.39 is 5.91 Å². The largest absolute Gasteiger partial charge is 0.366 e. The van der Waals surface area contributed by atoms with Crippen LogP contribution in [0.5, 0.6) is 0 Å². The van der Waals surface area contributed by atoms with Gasteiger partial charge in [-0.15, -0.1) is 11.3 Å². The van der Waals surface area contributed by atoms with Gasteiger partial charge in [-0.25, -0.2) is 0 Å². The fourth-order valence-corrected chi connectivity index (χ4v) is 2.41. The number of nitrogens with one attached hydrogen (secondary N) is 1. The van der Waals surface area contributed by atoms with Crippen LogP contribution in [0.4, 0.5) is 5.69 Å². The maximum Gasteiger partial charge on any atom is 0.266 e. The van der Waals surface area contributed by atoms with Crippen molar-refractivity contribution in [2.45, 2.75) is 6.92 Å². The van der Waals surface area contributed by atoms with Gasteiger partial charge in [0.05, 0.1) is 16.1 Å². The van der Waals surface area contributed by atoms with E-state index in [-0.39, 0.29) is 5.91 Å². The number of nitrogens with two attached hydrogens (primary N) is 1. The Labute approximate surface area is 108 Å². The Morgan fingerprint density at radius 1 is 1.22 bits per heavy atom. The maximum absolute atomic E-state index is 12.0. The van der Waals surface area contributed by atoms with Gasteiger partial charge in [-0.1, -0.05) is 12.1 Å². The van der Waals surface area contributed by atoms with Crippen LogP contribution >= 0.6 is 11.3 Å².